The normalized spacial score (nSPS) is 10.6. The largest absolute Gasteiger partial charge is 0.294 e. The number of rotatable bonds is 3. The molecule has 0 heterocycles. The number of ketones is 1. The van der Waals surface area contributed by atoms with Crippen LogP contribution in [-0.4, -0.2) is 10.7 Å². The van der Waals surface area contributed by atoms with Crippen LogP contribution in [0, 0.1) is 17.0 Å². The summed E-state index contributed by atoms with van der Waals surface area (Å²) >= 11 is 0. The summed E-state index contributed by atoms with van der Waals surface area (Å²) in [6, 6.07) is 1.89. The van der Waals surface area contributed by atoms with E-state index in [1.54, 1.807) is 0 Å². The van der Waals surface area contributed by atoms with Gasteiger partial charge in [-0.05, 0) is 25.5 Å². The number of carbonyl (C=O) groups is 1. The van der Waals surface area contributed by atoms with E-state index in [-0.39, 0.29) is 11.1 Å². The van der Waals surface area contributed by atoms with Crippen LogP contribution in [0.2, 0.25) is 0 Å². The van der Waals surface area contributed by atoms with E-state index < -0.39 is 28.4 Å². The zero-order chi connectivity index (χ0) is 12.5. The van der Waals surface area contributed by atoms with Crippen molar-refractivity contribution in [1.82, 2.24) is 0 Å². The van der Waals surface area contributed by atoms with Gasteiger partial charge in [0.25, 0.3) is 12.1 Å². The zero-order valence-corrected chi connectivity index (χ0v) is 8.66. The molecule has 0 atom stereocenters. The first-order valence-electron chi connectivity index (χ1n) is 4.42. The molecule has 0 spiro atoms. The van der Waals surface area contributed by atoms with Crippen LogP contribution in [0.1, 0.15) is 34.8 Å². The average molecular weight is 229 g/mol. The average Bonchev–Trinajstić information content (AvgIpc) is 2.15. The smallest absolute Gasteiger partial charge is 0.280 e. The molecular formula is C10H9F2NO3. The Kier molecular flexibility index (Phi) is 3.31. The second-order valence-electron chi connectivity index (χ2n) is 3.34. The Morgan fingerprint density at radius 1 is 1.44 bits per heavy atom. The van der Waals surface area contributed by atoms with Crippen LogP contribution in [0.3, 0.4) is 0 Å². The van der Waals surface area contributed by atoms with Crippen LogP contribution >= 0.6 is 0 Å². The first-order valence-corrected chi connectivity index (χ1v) is 4.42. The van der Waals surface area contributed by atoms with Crippen LogP contribution in [-0.2, 0) is 0 Å². The van der Waals surface area contributed by atoms with Gasteiger partial charge in [0, 0.05) is 11.6 Å². The molecule has 0 aliphatic heterocycles. The van der Waals surface area contributed by atoms with Crippen LogP contribution in [0.5, 0.6) is 0 Å². The van der Waals surface area contributed by atoms with Crippen molar-refractivity contribution in [3.63, 3.8) is 0 Å². The Balaban J connectivity index is 3.49. The first-order chi connectivity index (χ1) is 7.34. The molecule has 0 N–H and O–H groups in total. The van der Waals surface area contributed by atoms with Crippen LogP contribution in [0.15, 0.2) is 12.1 Å². The summed E-state index contributed by atoms with van der Waals surface area (Å²) in [6.45, 7) is 2.54. The molecule has 0 fully saturated rings. The predicted molar refractivity (Wildman–Crippen MR) is 52.8 cm³/mol. The fourth-order valence-corrected chi connectivity index (χ4v) is 1.38. The minimum absolute atomic E-state index is 0.146. The number of alkyl halides is 2. The number of hydrogen-bond donors (Lipinski definition) is 0. The van der Waals surface area contributed by atoms with Gasteiger partial charge in [0.1, 0.15) is 0 Å². The Morgan fingerprint density at radius 3 is 2.38 bits per heavy atom. The molecule has 0 saturated carbocycles. The Labute approximate surface area is 90.0 Å². The third-order valence-corrected chi connectivity index (χ3v) is 2.20. The Morgan fingerprint density at radius 2 is 2.00 bits per heavy atom. The van der Waals surface area contributed by atoms with Crippen molar-refractivity contribution in [3.8, 4) is 0 Å². The minimum atomic E-state index is -2.79. The zero-order valence-electron chi connectivity index (χ0n) is 8.66. The number of hydrogen-bond acceptors (Lipinski definition) is 3. The number of carbonyl (C=O) groups excluding carboxylic acids is 1. The van der Waals surface area contributed by atoms with Crippen molar-refractivity contribution in [2.24, 2.45) is 0 Å². The van der Waals surface area contributed by atoms with Gasteiger partial charge in [0.05, 0.1) is 10.5 Å². The van der Waals surface area contributed by atoms with Gasteiger partial charge in [0.15, 0.2) is 5.78 Å². The van der Waals surface area contributed by atoms with Gasteiger partial charge < -0.3 is 0 Å². The lowest BCUT2D eigenvalue weighted by Crippen LogP contribution is -2.03. The van der Waals surface area contributed by atoms with Crippen molar-refractivity contribution in [2.45, 2.75) is 20.3 Å². The second kappa shape index (κ2) is 4.34. The summed E-state index contributed by atoms with van der Waals surface area (Å²) < 4.78 is 25.0. The number of Topliss-reactive ketones (excluding diaryl/α,β-unsaturated/α-hetero) is 1. The number of nitrogens with zero attached hydrogens (tertiary/aromatic N) is 1. The van der Waals surface area contributed by atoms with Gasteiger partial charge in [0.2, 0.25) is 0 Å². The third-order valence-electron chi connectivity index (χ3n) is 2.20. The van der Waals surface area contributed by atoms with Crippen LogP contribution < -0.4 is 0 Å². The molecule has 4 nitrogen and oxygen atoms in total. The molecule has 1 aromatic rings. The van der Waals surface area contributed by atoms with E-state index in [2.05, 4.69) is 0 Å². The van der Waals surface area contributed by atoms with Crippen molar-refractivity contribution >= 4 is 11.5 Å². The highest BCUT2D eigenvalue weighted by molar-refractivity contribution is 5.98. The van der Waals surface area contributed by atoms with Crippen molar-refractivity contribution in [3.05, 3.63) is 38.9 Å². The molecule has 0 aliphatic carbocycles. The molecule has 0 radical (unpaired) electrons. The molecule has 0 unspecified atom stereocenters. The number of nitro groups is 1. The standard InChI is InChI=1S/C10H9F2NO3/c1-5-3-8(6(2)14)9(13(15)16)4-7(5)10(11)12/h3-4,10H,1-2H3. The van der Waals surface area contributed by atoms with Gasteiger partial charge in [-0.15, -0.1) is 0 Å². The van der Waals surface area contributed by atoms with E-state index in [1.165, 1.54) is 6.92 Å². The molecule has 1 aromatic carbocycles. The summed E-state index contributed by atoms with van der Waals surface area (Å²) in [6.07, 6.45) is -2.79. The van der Waals surface area contributed by atoms with E-state index in [9.17, 15) is 23.7 Å². The second-order valence-corrected chi connectivity index (χ2v) is 3.34. The van der Waals surface area contributed by atoms with E-state index in [1.807, 2.05) is 0 Å². The maximum Gasteiger partial charge on any atom is 0.280 e. The van der Waals surface area contributed by atoms with Crippen LogP contribution in [0.25, 0.3) is 0 Å². The monoisotopic (exact) mass is 229 g/mol. The maximum atomic E-state index is 12.5. The number of halogens is 2. The van der Waals surface area contributed by atoms with E-state index in [0.29, 0.717) is 0 Å². The lowest BCUT2D eigenvalue weighted by atomic mass is 10.0. The molecule has 0 amide bonds. The molecular weight excluding hydrogens is 220 g/mol. The molecule has 0 bridgehead atoms. The lowest BCUT2D eigenvalue weighted by molar-refractivity contribution is -0.385. The molecule has 0 saturated heterocycles. The SMILES string of the molecule is CC(=O)c1cc(C)c(C(F)F)cc1[N+](=O)[O-]. The fraction of sp³-hybridized carbons (Fsp3) is 0.300. The van der Waals surface area contributed by atoms with E-state index >= 15 is 0 Å². The van der Waals surface area contributed by atoms with Gasteiger partial charge in [-0.25, -0.2) is 8.78 Å². The summed E-state index contributed by atoms with van der Waals surface area (Å²) in [4.78, 5) is 20.9. The molecule has 0 aliphatic rings. The van der Waals surface area contributed by atoms with Crippen molar-refractivity contribution < 1.29 is 18.5 Å². The number of benzene rings is 1. The molecule has 6 heteroatoms. The van der Waals surface area contributed by atoms with E-state index in [4.69, 9.17) is 0 Å². The van der Waals surface area contributed by atoms with Gasteiger partial charge >= 0.3 is 0 Å². The maximum absolute atomic E-state index is 12.5. The molecule has 1 rings (SSSR count). The minimum Gasteiger partial charge on any atom is -0.294 e. The number of nitro benzene ring substituents is 1. The highest BCUT2D eigenvalue weighted by atomic mass is 19.3. The summed E-state index contributed by atoms with van der Waals surface area (Å²) in [5, 5.41) is 10.6. The molecule has 16 heavy (non-hydrogen) atoms. The third kappa shape index (κ3) is 2.21. The highest BCUT2D eigenvalue weighted by Gasteiger charge is 2.22. The molecule has 86 valence electrons. The Bertz CT molecular complexity index is 458. The summed E-state index contributed by atoms with van der Waals surface area (Å²) in [7, 11) is 0. The van der Waals surface area contributed by atoms with Crippen molar-refractivity contribution in [1.29, 1.82) is 0 Å². The molecule has 0 aromatic heterocycles. The summed E-state index contributed by atoms with van der Waals surface area (Å²) in [5.74, 6) is -0.518. The van der Waals surface area contributed by atoms with Gasteiger partial charge in [-0.3, -0.25) is 14.9 Å². The topological polar surface area (TPSA) is 60.2 Å². The fourth-order valence-electron chi connectivity index (χ4n) is 1.38. The lowest BCUT2D eigenvalue weighted by Gasteiger charge is -2.07. The van der Waals surface area contributed by atoms with Crippen molar-refractivity contribution in [2.75, 3.05) is 0 Å². The Hall–Kier alpha value is -1.85. The predicted octanol–water partition coefficient (Wildman–Crippen LogP) is 3.04. The summed E-state index contributed by atoms with van der Waals surface area (Å²) in [5.41, 5.74) is -0.970. The quantitative estimate of drug-likeness (QED) is 0.454. The number of aryl methyl sites for hydroxylation is 1. The van der Waals surface area contributed by atoms with Gasteiger partial charge in [-0.1, -0.05) is 0 Å². The van der Waals surface area contributed by atoms with Gasteiger partial charge in [-0.2, -0.15) is 0 Å². The first kappa shape index (κ1) is 12.2. The van der Waals surface area contributed by atoms with E-state index in [0.717, 1.165) is 19.1 Å². The van der Waals surface area contributed by atoms with Crippen LogP contribution in [0.4, 0.5) is 14.5 Å². The highest BCUT2D eigenvalue weighted by Crippen LogP contribution is 2.30.